The number of carbonyl (C=O) groups excluding carboxylic acids is 1. The third-order valence-electron chi connectivity index (χ3n) is 4.65. The Balaban J connectivity index is 1.51. The van der Waals surface area contributed by atoms with Gasteiger partial charge in [-0.05, 0) is 43.9 Å². The number of rotatable bonds is 6. The molecular formula is C18H22N4O2. The summed E-state index contributed by atoms with van der Waals surface area (Å²) < 4.78 is 5.72. The molecule has 2 aromatic rings. The SMILES string of the molecule is O=C(c1cc(C2CC2)[nH]n1)N(Cc1ccccn1)CC1CCCO1. The fourth-order valence-electron chi connectivity index (χ4n) is 3.15. The molecule has 1 saturated heterocycles. The Kier molecular flexibility index (Phi) is 4.30. The van der Waals surface area contributed by atoms with Gasteiger partial charge in [-0.25, -0.2) is 0 Å². The number of hydrogen-bond donors (Lipinski definition) is 1. The Hall–Kier alpha value is -2.21. The Morgan fingerprint density at radius 1 is 1.33 bits per heavy atom. The molecule has 3 heterocycles. The van der Waals surface area contributed by atoms with E-state index in [0.717, 1.165) is 30.8 Å². The highest BCUT2D eigenvalue weighted by Crippen LogP contribution is 2.39. The molecule has 24 heavy (non-hydrogen) atoms. The minimum absolute atomic E-state index is 0.0562. The van der Waals surface area contributed by atoms with Gasteiger partial charge in [0, 0.05) is 31.0 Å². The van der Waals surface area contributed by atoms with Crippen LogP contribution in [0.2, 0.25) is 0 Å². The van der Waals surface area contributed by atoms with Gasteiger partial charge in [-0.2, -0.15) is 5.10 Å². The van der Waals surface area contributed by atoms with Crippen molar-refractivity contribution in [2.45, 2.75) is 44.2 Å². The van der Waals surface area contributed by atoms with Crippen molar-refractivity contribution < 1.29 is 9.53 Å². The van der Waals surface area contributed by atoms with Crippen LogP contribution in [0.5, 0.6) is 0 Å². The molecular weight excluding hydrogens is 304 g/mol. The van der Waals surface area contributed by atoms with Crippen LogP contribution in [0.4, 0.5) is 0 Å². The van der Waals surface area contributed by atoms with E-state index >= 15 is 0 Å². The molecule has 1 saturated carbocycles. The fourth-order valence-corrected chi connectivity index (χ4v) is 3.15. The predicted molar refractivity (Wildman–Crippen MR) is 88.5 cm³/mol. The molecule has 1 amide bonds. The Morgan fingerprint density at radius 2 is 2.25 bits per heavy atom. The van der Waals surface area contributed by atoms with Crippen LogP contribution in [0.15, 0.2) is 30.5 Å². The van der Waals surface area contributed by atoms with Crippen LogP contribution in [0.25, 0.3) is 0 Å². The fraction of sp³-hybridized carbons (Fsp3) is 0.500. The molecule has 6 nitrogen and oxygen atoms in total. The molecule has 1 atom stereocenters. The van der Waals surface area contributed by atoms with Crippen LogP contribution >= 0.6 is 0 Å². The first-order chi connectivity index (χ1) is 11.8. The Labute approximate surface area is 141 Å². The number of pyridine rings is 1. The van der Waals surface area contributed by atoms with Gasteiger partial charge < -0.3 is 9.64 Å². The molecule has 1 N–H and O–H groups in total. The zero-order valence-corrected chi connectivity index (χ0v) is 13.6. The van der Waals surface area contributed by atoms with E-state index in [1.54, 1.807) is 6.20 Å². The number of ether oxygens (including phenoxy) is 1. The summed E-state index contributed by atoms with van der Waals surface area (Å²) in [5.41, 5.74) is 2.45. The van der Waals surface area contributed by atoms with Crippen LogP contribution < -0.4 is 0 Å². The third-order valence-corrected chi connectivity index (χ3v) is 4.65. The first-order valence-electron chi connectivity index (χ1n) is 8.65. The van der Waals surface area contributed by atoms with Crippen molar-refractivity contribution >= 4 is 5.91 Å². The van der Waals surface area contributed by atoms with Crippen LogP contribution in [-0.4, -0.2) is 45.2 Å². The standard InChI is InChI=1S/C18H22N4O2/c23-18(17-10-16(20-21-17)13-6-7-13)22(12-15-5-3-9-24-15)11-14-4-1-2-8-19-14/h1-2,4,8,10,13,15H,3,5-7,9,11-12H2,(H,20,21). The Bertz CT molecular complexity index is 690. The van der Waals surface area contributed by atoms with Gasteiger partial charge in [0.25, 0.3) is 5.91 Å². The highest BCUT2D eigenvalue weighted by atomic mass is 16.5. The van der Waals surface area contributed by atoms with Gasteiger partial charge in [0.15, 0.2) is 0 Å². The second-order valence-corrected chi connectivity index (χ2v) is 6.62. The maximum Gasteiger partial charge on any atom is 0.274 e. The first-order valence-corrected chi connectivity index (χ1v) is 8.65. The first kappa shape index (κ1) is 15.3. The van der Waals surface area contributed by atoms with E-state index in [0.29, 0.717) is 24.7 Å². The summed E-state index contributed by atoms with van der Waals surface area (Å²) in [6, 6.07) is 7.67. The molecule has 1 unspecified atom stereocenters. The number of hydrogen-bond acceptors (Lipinski definition) is 4. The predicted octanol–water partition coefficient (Wildman–Crippen LogP) is 2.50. The molecule has 0 radical (unpaired) electrons. The highest BCUT2D eigenvalue weighted by Gasteiger charge is 2.29. The van der Waals surface area contributed by atoms with Gasteiger partial charge in [0.1, 0.15) is 5.69 Å². The van der Waals surface area contributed by atoms with E-state index < -0.39 is 0 Å². The molecule has 2 fully saturated rings. The lowest BCUT2D eigenvalue weighted by molar-refractivity contribution is 0.0500. The summed E-state index contributed by atoms with van der Waals surface area (Å²) in [6.07, 6.45) is 6.29. The molecule has 0 bridgehead atoms. The minimum Gasteiger partial charge on any atom is -0.376 e. The average molecular weight is 326 g/mol. The molecule has 126 valence electrons. The normalized spacial score (nSPS) is 20.2. The molecule has 1 aliphatic heterocycles. The maximum atomic E-state index is 13.0. The summed E-state index contributed by atoms with van der Waals surface area (Å²) in [7, 11) is 0. The van der Waals surface area contributed by atoms with Gasteiger partial charge in [0.05, 0.1) is 18.3 Å². The van der Waals surface area contributed by atoms with Crippen LogP contribution in [-0.2, 0) is 11.3 Å². The van der Waals surface area contributed by atoms with Crippen molar-refractivity contribution in [3.63, 3.8) is 0 Å². The van der Waals surface area contributed by atoms with E-state index in [1.807, 2.05) is 29.2 Å². The van der Waals surface area contributed by atoms with E-state index in [2.05, 4.69) is 15.2 Å². The van der Waals surface area contributed by atoms with Gasteiger partial charge in [-0.3, -0.25) is 14.9 Å². The van der Waals surface area contributed by atoms with Gasteiger partial charge in [0.2, 0.25) is 0 Å². The zero-order chi connectivity index (χ0) is 16.4. The highest BCUT2D eigenvalue weighted by molar-refractivity contribution is 5.92. The van der Waals surface area contributed by atoms with Crippen LogP contribution in [0.3, 0.4) is 0 Å². The zero-order valence-electron chi connectivity index (χ0n) is 13.6. The average Bonchev–Trinajstić information content (AvgIpc) is 3.11. The number of carbonyl (C=O) groups is 1. The summed E-state index contributed by atoms with van der Waals surface area (Å²) in [6.45, 7) is 1.84. The van der Waals surface area contributed by atoms with Crippen molar-refractivity contribution in [3.05, 3.63) is 47.5 Å². The Morgan fingerprint density at radius 3 is 2.96 bits per heavy atom. The topological polar surface area (TPSA) is 71.1 Å². The second-order valence-electron chi connectivity index (χ2n) is 6.62. The van der Waals surface area contributed by atoms with Crippen LogP contribution in [0, 0.1) is 0 Å². The second kappa shape index (κ2) is 6.73. The van der Waals surface area contributed by atoms with E-state index in [-0.39, 0.29) is 12.0 Å². The summed E-state index contributed by atoms with van der Waals surface area (Å²) in [5.74, 6) is 0.501. The maximum absolute atomic E-state index is 13.0. The molecule has 0 aromatic carbocycles. The summed E-state index contributed by atoms with van der Waals surface area (Å²) in [5, 5.41) is 7.25. The van der Waals surface area contributed by atoms with Gasteiger partial charge >= 0.3 is 0 Å². The van der Waals surface area contributed by atoms with Crippen molar-refractivity contribution in [1.29, 1.82) is 0 Å². The van der Waals surface area contributed by atoms with Crippen LogP contribution in [0.1, 0.15) is 53.5 Å². The molecule has 4 rings (SSSR count). The lowest BCUT2D eigenvalue weighted by Gasteiger charge is -2.24. The monoisotopic (exact) mass is 326 g/mol. The summed E-state index contributed by atoms with van der Waals surface area (Å²) >= 11 is 0. The molecule has 6 heteroatoms. The number of amides is 1. The lowest BCUT2D eigenvalue weighted by atomic mass is 10.2. The molecule has 1 aliphatic carbocycles. The summed E-state index contributed by atoms with van der Waals surface area (Å²) in [4.78, 5) is 19.1. The largest absolute Gasteiger partial charge is 0.376 e. The van der Waals surface area contributed by atoms with Crippen molar-refractivity contribution in [2.75, 3.05) is 13.2 Å². The number of aromatic nitrogens is 3. The molecule has 2 aliphatic rings. The number of nitrogens with zero attached hydrogens (tertiary/aromatic N) is 3. The van der Waals surface area contributed by atoms with Crippen molar-refractivity contribution in [1.82, 2.24) is 20.1 Å². The van der Waals surface area contributed by atoms with Gasteiger partial charge in [-0.15, -0.1) is 0 Å². The lowest BCUT2D eigenvalue weighted by Crippen LogP contribution is -2.37. The quantitative estimate of drug-likeness (QED) is 0.885. The minimum atomic E-state index is -0.0562. The number of H-pyrrole nitrogens is 1. The van der Waals surface area contributed by atoms with E-state index in [9.17, 15) is 4.79 Å². The molecule has 2 aromatic heterocycles. The van der Waals surface area contributed by atoms with Gasteiger partial charge in [-0.1, -0.05) is 6.07 Å². The van der Waals surface area contributed by atoms with Crippen molar-refractivity contribution in [2.24, 2.45) is 0 Å². The third kappa shape index (κ3) is 3.48. The number of nitrogens with one attached hydrogen (secondary N) is 1. The van der Waals surface area contributed by atoms with E-state index in [4.69, 9.17) is 4.74 Å². The van der Waals surface area contributed by atoms with Crippen molar-refractivity contribution in [3.8, 4) is 0 Å². The molecule has 0 spiro atoms. The smallest absolute Gasteiger partial charge is 0.274 e. The number of aromatic amines is 1. The van der Waals surface area contributed by atoms with E-state index in [1.165, 1.54) is 12.8 Å².